The normalized spacial score (nSPS) is 0. The van der Waals surface area contributed by atoms with Crippen LogP contribution in [0.5, 0.6) is 0 Å². The van der Waals surface area contributed by atoms with E-state index in [1.54, 1.807) is 0 Å². The number of rotatable bonds is 0. The fourth-order valence-corrected chi connectivity index (χ4v) is 0. The monoisotopic (exact) mass is 156 g/mol. The van der Waals surface area contributed by atoms with Crippen molar-refractivity contribution < 1.29 is 0 Å². The molecule has 0 aliphatic carbocycles. The van der Waals surface area contributed by atoms with Gasteiger partial charge in [0.1, 0.15) is 0 Å². The molecular formula is H5Cl3Na2. The summed E-state index contributed by atoms with van der Waals surface area (Å²) >= 11 is 0. The quantitative estimate of drug-likeness (QED) is 0.433. The third-order valence-electron chi connectivity index (χ3n) is 0. The van der Waals surface area contributed by atoms with Crippen LogP contribution in [0.25, 0.3) is 0 Å². The van der Waals surface area contributed by atoms with Crippen LogP contribution in [0.1, 0.15) is 0 Å². The molecule has 0 spiro atoms. The van der Waals surface area contributed by atoms with E-state index in [1.165, 1.54) is 0 Å². The van der Waals surface area contributed by atoms with Gasteiger partial charge in [0, 0.05) is 0 Å². The zero-order valence-corrected chi connectivity index (χ0v) is 3.67. The predicted octanol–water partition coefficient (Wildman–Crippen LogP) is -0.0316. The Morgan fingerprint density at radius 2 is 0.400 bits per heavy atom. The summed E-state index contributed by atoms with van der Waals surface area (Å²) in [4.78, 5) is 0. The van der Waals surface area contributed by atoms with Crippen molar-refractivity contribution in [3.05, 3.63) is 0 Å². The summed E-state index contributed by atoms with van der Waals surface area (Å²) in [5.41, 5.74) is 0. The van der Waals surface area contributed by atoms with Crippen LogP contribution in [-0.2, 0) is 0 Å². The van der Waals surface area contributed by atoms with Crippen LogP contribution in [0.3, 0.4) is 0 Å². The van der Waals surface area contributed by atoms with Crippen molar-refractivity contribution in [2.45, 2.75) is 0 Å². The first-order chi connectivity index (χ1) is 0. The molecule has 0 aromatic rings. The fraction of sp³-hybridized carbons (Fsp3) is 0. The van der Waals surface area contributed by atoms with Crippen LogP contribution in [0.2, 0.25) is 0 Å². The van der Waals surface area contributed by atoms with Gasteiger partial charge in [0.2, 0.25) is 0 Å². The Labute approximate surface area is 94.7 Å². The molecule has 0 saturated heterocycles. The molecular weight excluding hydrogens is 152 g/mol. The molecule has 0 amide bonds. The second kappa shape index (κ2) is 28.7. The van der Waals surface area contributed by atoms with Crippen molar-refractivity contribution in [1.82, 2.24) is 0 Å². The van der Waals surface area contributed by atoms with Crippen molar-refractivity contribution in [2.24, 2.45) is 0 Å². The molecule has 0 radical (unpaired) electrons. The summed E-state index contributed by atoms with van der Waals surface area (Å²) in [6, 6.07) is 0. The summed E-state index contributed by atoms with van der Waals surface area (Å²) in [7, 11) is 0. The zero-order valence-electron chi connectivity index (χ0n) is 1.22. The Kier molecular flexibility index (Phi) is 259. The van der Waals surface area contributed by atoms with E-state index in [1.807, 2.05) is 0 Å². The van der Waals surface area contributed by atoms with Gasteiger partial charge in [0.25, 0.3) is 0 Å². The third-order valence-corrected chi connectivity index (χ3v) is 0. The Hall–Kier alpha value is 2.87. The summed E-state index contributed by atoms with van der Waals surface area (Å²) in [6.45, 7) is 0. The first-order valence-electron chi connectivity index (χ1n) is 0. The van der Waals surface area contributed by atoms with Crippen LogP contribution in [0.4, 0.5) is 0 Å². The van der Waals surface area contributed by atoms with E-state index in [-0.39, 0.29) is 96.3 Å². The molecule has 5 heteroatoms. The molecule has 5 heavy (non-hydrogen) atoms. The van der Waals surface area contributed by atoms with Gasteiger partial charge in [-0.2, -0.15) is 0 Å². The molecule has 0 aromatic carbocycles. The Bertz CT molecular complexity index is 4.85. The van der Waals surface area contributed by atoms with Crippen LogP contribution >= 0.6 is 37.2 Å². The minimum atomic E-state index is 0. The molecule has 28 valence electrons. The average Bonchev–Trinajstić information content (AvgIpc) is 0. The van der Waals surface area contributed by atoms with Crippen LogP contribution < -0.4 is 0 Å². The van der Waals surface area contributed by atoms with E-state index in [9.17, 15) is 0 Å². The number of hydrogen-bond acceptors (Lipinski definition) is 0. The molecule has 0 heterocycles. The van der Waals surface area contributed by atoms with Crippen molar-refractivity contribution in [3.8, 4) is 0 Å². The van der Waals surface area contributed by atoms with Crippen molar-refractivity contribution in [2.75, 3.05) is 0 Å². The molecule has 0 bridgehead atoms. The summed E-state index contributed by atoms with van der Waals surface area (Å²) in [5.74, 6) is 0. The van der Waals surface area contributed by atoms with Gasteiger partial charge in [-0.05, 0) is 0 Å². The molecule has 0 aliphatic rings. The topological polar surface area (TPSA) is 0 Å². The van der Waals surface area contributed by atoms with E-state index in [0.717, 1.165) is 0 Å². The van der Waals surface area contributed by atoms with Gasteiger partial charge in [-0.15, -0.1) is 37.2 Å². The first-order valence-corrected chi connectivity index (χ1v) is 0. The van der Waals surface area contributed by atoms with Gasteiger partial charge in [0.05, 0.1) is 0 Å². The Balaban J connectivity index is 0. The standard InChI is InChI=1S/3ClH.2Na.2H/h3*1H;;;;. The van der Waals surface area contributed by atoms with Crippen molar-refractivity contribution >= 4 is 96.3 Å². The second-order valence-corrected chi connectivity index (χ2v) is 0. The maximum atomic E-state index is 0. The maximum absolute atomic E-state index is 0. The second-order valence-electron chi connectivity index (χ2n) is 0. The fourth-order valence-electron chi connectivity index (χ4n) is 0. The Morgan fingerprint density at radius 3 is 0.400 bits per heavy atom. The van der Waals surface area contributed by atoms with Crippen LogP contribution in [-0.4, -0.2) is 59.1 Å². The van der Waals surface area contributed by atoms with Gasteiger partial charge < -0.3 is 0 Å². The zero-order chi connectivity index (χ0) is 0. The number of halogens is 3. The number of hydrogen-bond donors (Lipinski definition) is 0. The molecule has 0 fully saturated rings. The predicted molar refractivity (Wildman–Crippen MR) is 36.0 cm³/mol. The Morgan fingerprint density at radius 1 is 0.400 bits per heavy atom. The van der Waals surface area contributed by atoms with E-state index in [4.69, 9.17) is 0 Å². The molecule has 0 nitrogen and oxygen atoms in total. The van der Waals surface area contributed by atoms with Gasteiger partial charge in [-0.3, -0.25) is 0 Å². The van der Waals surface area contributed by atoms with Crippen LogP contribution in [0.15, 0.2) is 0 Å². The van der Waals surface area contributed by atoms with Gasteiger partial charge in [-0.1, -0.05) is 0 Å². The summed E-state index contributed by atoms with van der Waals surface area (Å²) in [6.07, 6.45) is 0. The van der Waals surface area contributed by atoms with Crippen LogP contribution in [0, 0.1) is 0 Å². The van der Waals surface area contributed by atoms with Gasteiger partial charge in [-0.25, -0.2) is 0 Å². The molecule has 0 unspecified atom stereocenters. The van der Waals surface area contributed by atoms with Crippen molar-refractivity contribution in [3.63, 3.8) is 0 Å². The molecule has 0 aliphatic heterocycles. The minimum absolute atomic E-state index is 0. The van der Waals surface area contributed by atoms with Crippen molar-refractivity contribution in [1.29, 1.82) is 0 Å². The third kappa shape index (κ3) is 19.8. The summed E-state index contributed by atoms with van der Waals surface area (Å²) < 4.78 is 0. The van der Waals surface area contributed by atoms with Gasteiger partial charge >= 0.3 is 59.1 Å². The van der Waals surface area contributed by atoms with E-state index >= 15 is 0 Å². The van der Waals surface area contributed by atoms with E-state index < -0.39 is 0 Å². The molecule has 0 saturated carbocycles. The molecule has 0 atom stereocenters. The SMILES string of the molecule is Cl.Cl.Cl.[NaH].[NaH]. The molecule has 0 rings (SSSR count). The molecule has 0 aromatic heterocycles. The van der Waals surface area contributed by atoms with Gasteiger partial charge in [0.15, 0.2) is 0 Å². The molecule has 0 N–H and O–H groups in total. The average molecular weight is 157 g/mol. The van der Waals surface area contributed by atoms with E-state index in [0.29, 0.717) is 0 Å². The first kappa shape index (κ1) is 45.1. The summed E-state index contributed by atoms with van der Waals surface area (Å²) in [5, 5.41) is 0. The van der Waals surface area contributed by atoms with E-state index in [2.05, 4.69) is 0 Å².